The minimum absolute atomic E-state index is 0.0562. The number of benzene rings is 1. The van der Waals surface area contributed by atoms with E-state index in [-0.39, 0.29) is 11.9 Å². The van der Waals surface area contributed by atoms with Crippen LogP contribution < -0.4 is 10.6 Å². The molecule has 1 amide bonds. The molecule has 0 fully saturated rings. The van der Waals surface area contributed by atoms with E-state index < -0.39 is 0 Å². The topological polar surface area (TPSA) is 46.3 Å². The molecule has 104 valence electrons. The largest absolute Gasteiger partial charge is 0.320 e. The zero-order valence-corrected chi connectivity index (χ0v) is 12.1. The fourth-order valence-corrected chi connectivity index (χ4v) is 2.58. The molecule has 3 heteroatoms. The molecule has 2 N–H and O–H groups in total. The third-order valence-electron chi connectivity index (χ3n) is 3.91. The number of carbonyl (C=O) groups excluding carboxylic acids is 1. The Morgan fingerprint density at radius 1 is 1.42 bits per heavy atom. The number of hydrogen-bond donors (Lipinski definition) is 1. The van der Waals surface area contributed by atoms with Gasteiger partial charge in [-0.2, -0.15) is 0 Å². The van der Waals surface area contributed by atoms with E-state index in [0.29, 0.717) is 12.3 Å². The van der Waals surface area contributed by atoms with Gasteiger partial charge >= 0.3 is 0 Å². The van der Waals surface area contributed by atoms with E-state index in [4.69, 9.17) is 5.73 Å². The number of rotatable bonds is 3. The van der Waals surface area contributed by atoms with Crippen molar-refractivity contribution in [2.24, 2.45) is 5.73 Å². The molecule has 19 heavy (non-hydrogen) atoms. The zero-order chi connectivity index (χ0) is 14.0. The third kappa shape index (κ3) is 2.81. The molecule has 0 aliphatic carbocycles. The molecule has 0 radical (unpaired) electrons. The minimum Gasteiger partial charge on any atom is -0.320 e. The number of amides is 1. The van der Waals surface area contributed by atoms with Crippen LogP contribution in [0.4, 0.5) is 5.69 Å². The van der Waals surface area contributed by atoms with Crippen LogP contribution in [0, 0.1) is 0 Å². The molecule has 0 bridgehead atoms. The number of nitrogens with zero attached hydrogens (tertiary/aromatic N) is 1. The summed E-state index contributed by atoms with van der Waals surface area (Å²) in [6, 6.07) is 6.09. The van der Waals surface area contributed by atoms with Crippen LogP contribution in [-0.2, 0) is 11.2 Å². The highest BCUT2D eigenvalue weighted by Gasteiger charge is 2.25. The maximum atomic E-state index is 12.3. The molecule has 1 aromatic rings. The highest BCUT2D eigenvalue weighted by molar-refractivity contribution is 5.98. The number of aryl methyl sites for hydroxylation is 1. The molecule has 0 saturated heterocycles. The number of hydrogen-bond acceptors (Lipinski definition) is 2. The molecular formula is C16H24N2O. The summed E-state index contributed by atoms with van der Waals surface area (Å²) in [7, 11) is 0. The molecule has 1 atom stereocenters. The van der Waals surface area contributed by atoms with Gasteiger partial charge in [0, 0.05) is 12.2 Å². The first-order valence-electron chi connectivity index (χ1n) is 7.24. The van der Waals surface area contributed by atoms with Gasteiger partial charge in [0.05, 0.1) is 6.04 Å². The number of fused-ring (bicyclic) bond motifs is 1. The van der Waals surface area contributed by atoms with Crippen LogP contribution in [0.25, 0.3) is 0 Å². The summed E-state index contributed by atoms with van der Waals surface area (Å²) < 4.78 is 0. The maximum Gasteiger partial charge on any atom is 0.243 e. The predicted octanol–water partition coefficient (Wildman–Crippen LogP) is 2.83. The summed E-state index contributed by atoms with van der Waals surface area (Å²) in [4.78, 5) is 14.2. The lowest BCUT2D eigenvalue weighted by molar-refractivity contribution is -0.120. The Hall–Kier alpha value is -1.35. The summed E-state index contributed by atoms with van der Waals surface area (Å²) in [5, 5.41) is 0. The zero-order valence-electron chi connectivity index (χ0n) is 12.1. The SMILES string of the molecule is CC[C@@H](N)C(=O)N1CCCc2cc(C(C)C)ccc21. The number of carbonyl (C=O) groups is 1. The molecule has 1 aliphatic rings. The van der Waals surface area contributed by atoms with Gasteiger partial charge < -0.3 is 10.6 Å². The normalized spacial score (nSPS) is 16.4. The lowest BCUT2D eigenvalue weighted by Crippen LogP contribution is -2.45. The first kappa shape index (κ1) is 14.1. The fourth-order valence-electron chi connectivity index (χ4n) is 2.58. The molecule has 0 spiro atoms. The highest BCUT2D eigenvalue weighted by atomic mass is 16.2. The van der Waals surface area contributed by atoms with Crippen molar-refractivity contribution in [1.82, 2.24) is 0 Å². The standard InChI is InChI=1S/C16H24N2O/c1-4-14(17)16(19)18-9-5-6-13-10-12(11(2)3)7-8-15(13)18/h7-8,10-11,14H,4-6,9,17H2,1-3H3/t14-/m1/s1. The van der Waals surface area contributed by atoms with Crippen molar-refractivity contribution in [3.8, 4) is 0 Å². The van der Waals surface area contributed by atoms with Crippen molar-refractivity contribution in [3.63, 3.8) is 0 Å². The average molecular weight is 260 g/mol. The summed E-state index contributed by atoms with van der Waals surface area (Å²) >= 11 is 0. The van der Waals surface area contributed by atoms with Gasteiger partial charge in [-0.25, -0.2) is 0 Å². The van der Waals surface area contributed by atoms with E-state index in [1.165, 1.54) is 11.1 Å². The van der Waals surface area contributed by atoms with Gasteiger partial charge in [0.15, 0.2) is 0 Å². The fraction of sp³-hybridized carbons (Fsp3) is 0.562. The lowest BCUT2D eigenvalue weighted by Gasteiger charge is -2.31. The molecule has 1 aromatic carbocycles. The van der Waals surface area contributed by atoms with Crippen molar-refractivity contribution in [3.05, 3.63) is 29.3 Å². The summed E-state index contributed by atoms with van der Waals surface area (Å²) in [6.45, 7) is 7.14. The van der Waals surface area contributed by atoms with Crippen LogP contribution in [0.3, 0.4) is 0 Å². The molecule has 1 aliphatic heterocycles. The van der Waals surface area contributed by atoms with Crippen LogP contribution in [0.2, 0.25) is 0 Å². The molecule has 0 aromatic heterocycles. The van der Waals surface area contributed by atoms with Crippen molar-refractivity contribution in [2.75, 3.05) is 11.4 Å². The number of anilines is 1. The van der Waals surface area contributed by atoms with Gasteiger partial charge in [0.1, 0.15) is 0 Å². The third-order valence-corrected chi connectivity index (χ3v) is 3.91. The van der Waals surface area contributed by atoms with Gasteiger partial charge in [-0.1, -0.05) is 32.9 Å². The average Bonchev–Trinajstić information content (AvgIpc) is 2.44. The Bertz CT molecular complexity index is 468. The van der Waals surface area contributed by atoms with E-state index in [9.17, 15) is 4.79 Å². The van der Waals surface area contributed by atoms with Gasteiger partial charge in [0.25, 0.3) is 0 Å². The highest BCUT2D eigenvalue weighted by Crippen LogP contribution is 2.30. The molecule has 1 heterocycles. The van der Waals surface area contributed by atoms with E-state index in [1.807, 2.05) is 11.8 Å². The summed E-state index contributed by atoms with van der Waals surface area (Å²) in [6.07, 6.45) is 2.77. The summed E-state index contributed by atoms with van der Waals surface area (Å²) in [5.41, 5.74) is 9.58. The molecule has 0 saturated carbocycles. The molecular weight excluding hydrogens is 236 g/mol. The van der Waals surface area contributed by atoms with Crippen LogP contribution >= 0.6 is 0 Å². The van der Waals surface area contributed by atoms with Crippen LogP contribution in [0.5, 0.6) is 0 Å². The van der Waals surface area contributed by atoms with E-state index in [2.05, 4.69) is 32.0 Å². The monoisotopic (exact) mass is 260 g/mol. The van der Waals surface area contributed by atoms with E-state index in [0.717, 1.165) is 25.1 Å². The van der Waals surface area contributed by atoms with Crippen LogP contribution in [0.1, 0.15) is 50.7 Å². The predicted molar refractivity (Wildman–Crippen MR) is 79.5 cm³/mol. The Labute approximate surface area is 115 Å². The van der Waals surface area contributed by atoms with Crippen LogP contribution in [0.15, 0.2) is 18.2 Å². The van der Waals surface area contributed by atoms with Crippen molar-refractivity contribution < 1.29 is 4.79 Å². The Kier molecular flexibility index (Phi) is 4.25. The van der Waals surface area contributed by atoms with Crippen LogP contribution in [-0.4, -0.2) is 18.5 Å². The lowest BCUT2D eigenvalue weighted by atomic mass is 9.94. The Morgan fingerprint density at radius 2 is 2.16 bits per heavy atom. The van der Waals surface area contributed by atoms with Crippen molar-refractivity contribution >= 4 is 11.6 Å². The maximum absolute atomic E-state index is 12.3. The minimum atomic E-state index is -0.379. The van der Waals surface area contributed by atoms with Gasteiger partial charge in [0.2, 0.25) is 5.91 Å². The summed E-state index contributed by atoms with van der Waals surface area (Å²) in [5.74, 6) is 0.579. The molecule has 0 unspecified atom stereocenters. The first-order chi connectivity index (χ1) is 9.04. The number of nitrogens with two attached hydrogens (primary N) is 1. The quantitative estimate of drug-likeness (QED) is 0.908. The Morgan fingerprint density at radius 3 is 2.79 bits per heavy atom. The van der Waals surface area contributed by atoms with Crippen molar-refractivity contribution in [2.45, 2.75) is 52.0 Å². The molecule has 2 rings (SSSR count). The molecule has 3 nitrogen and oxygen atoms in total. The second kappa shape index (κ2) is 5.74. The Balaban J connectivity index is 2.32. The first-order valence-corrected chi connectivity index (χ1v) is 7.24. The second-order valence-corrected chi connectivity index (χ2v) is 5.65. The second-order valence-electron chi connectivity index (χ2n) is 5.65. The van der Waals surface area contributed by atoms with Crippen molar-refractivity contribution in [1.29, 1.82) is 0 Å². The van der Waals surface area contributed by atoms with Gasteiger partial charge in [-0.05, 0) is 42.4 Å². The smallest absolute Gasteiger partial charge is 0.243 e. The van der Waals surface area contributed by atoms with Gasteiger partial charge in [-0.3, -0.25) is 4.79 Å². The van der Waals surface area contributed by atoms with E-state index >= 15 is 0 Å². The van der Waals surface area contributed by atoms with Gasteiger partial charge in [-0.15, -0.1) is 0 Å². The van der Waals surface area contributed by atoms with E-state index in [1.54, 1.807) is 0 Å².